The maximum Gasteiger partial charge on any atom is 0.257 e. The molecule has 0 atom stereocenters. The Bertz CT molecular complexity index is 927. The van der Waals surface area contributed by atoms with Crippen molar-refractivity contribution >= 4 is 34.8 Å². The van der Waals surface area contributed by atoms with Crippen LogP contribution >= 0.6 is 12.2 Å². The van der Waals surface area contributed by atoms with Crippen molar-refractivity contribution in [2.75, 3.05) is 38.2 Å². The molecule has 1 saturated heterocycles. The number of carbonyl (C=O) groups is 2. The van der Waals surface area contributed by atoms with E-state index in [2.05, 4.69) is 17.6 Å². The fraction of sp³-hybridized carbons (Fsp3) is 0.375. The molecule has 2 N–H and O–H groups in total. The van der Waals surface area contributed by atoms with Gasteiger partial charge in [0.1, 0.15) is 5.75 Å². The molecule has 7 nitrogen and oxygen atoms in total. The van der Waals surface area contributed by atoms with Crippen LogP contribution in [0.1, 0.15) is 46.9 Å². The number of nitrogens with one attached hydrogen (secondary N) is 2. The van der Waals surface area contributed by atoms with E-state index >= 15 is 0 Å². The van der Waals surface area contributed by atoms with Crippen LogP contribution in [0, 0.1) is 0 Å². The summed E-state index contributed by atoms with van der Waals surface area (Å²) < 4.78 is 11.0. The molecule has 32 heavy (non-hydrogen) atoms. The molecular weight excluding hydrogens is 426 g/mol. The van der Waals surface area contributed by atoms with Crippen LogP contribution in [0.2, 0.25) is 0 Å². The molecule has 2 aromatic carbocycles. The highest BCUT2D eigenvalue weighted by Crippen LogP contribution is 2.15. The first-order valence-corrected chi connectivity index (χ1v) is 11.3. The summed E-state index contributed by atoms with van der Waals surface area (Å²) >= 11 is 5.27. The summed E-state index contributed by atoms with van der Waals surface area (Å²) in [7, 11) is 0. The molecule has 0 spiro atoms. The number of morpholine rings is 1. The average Bonchev–Trinajstić information content (AvgIpc) is 2.82. The first-order chi connectivity index (χ1) is 15.6. The summed E-state index contributed by atoms with van der Waals surface area (Å²) in [5, 5.41) is 5.79. The van der Waals surface area contributed by atoms with Gasteiger partial charge in [0.05, 0.1) is 19.8 Å². The summed E-state index contributed by atoms with van der Waals surface area (Å²) in [5.74, 6) is 0.365. The molecule has 8 heteroatoms. The third kappa shape index (κ3) is 7.03. The van der Waals surface area contributed by atoms with E-state index in [9.17, 15) is 9.59 Å². The molecule has 0 aliphatic carbocycles. The predicted octanol–water partition coefficient (Wildman–Crippen LogP) is 3.85. The number of ether oxygens (including phenoxy) is 2. The second kappa shape index (κ2) is 12.2. The number of rotatable bonds is 8. The van der Waals surface area contributed by atoms with E-state index in [0.29, 0.717) is 49.7 Å². The van der Waals surface area contributed by atoms with Gasteiger partial charge in [-0.15, -0.1) is 0 Å². The van der Waals surface area contributed by atoms with Crippen LogP contribution in [0.5, 0.6) is 5.75 Å². The summed E-state index contributed by atoms with van der Waals surface area (Å²) in [5.41, 5.74) is 1.66. The lowest BCUT2D eigenvalue weighted by atomic mass is 10.1. The second-order valence-corrected chi connectivity index (χ2v) is 7.88. The third-order valence-electron chi connectivity index (χ3n) is 5.03. The SMILES string of the molecule is CCCCCOc1ccc(C(=O)NC(=S)Nc2cccc(C(=O)N3CCOCC3)c2)cc1. The molecule has 1 fully saturated rings. The van der Waals surface area contributed by atoms with E-state index in [0.717, 1.165) is 25.0 Å². The molecule has 0 aromatic heterocycles. The number of nitrogens with zero attached hydrogens (tertiary/aromatic N) is 1. The summed E-state index contributed by atoms with van der Waals surface area (Å²) in [6.07, 6.45) is 3.29. The Morgan fingerprint density at radius 3 is 2.53 bits per heavy atom. The highest BCUT2D eigenvalue weighted by molar-refractivity contribution is 7.80. The Morgan fingerprint density at radius 2 is 1.81 bits per heavy atom. The number of thiocarbonyl (C=S) groups is 1. The van der Waals surface area contributed by atoms with Crippen molar-refractivity contribution in [2.45, 2.75) is 26.2 Å². The molecule has 0 unspecified atom stereocenters. The Balaban J connectivity index is 1.51. The van der Waals surface area contributed by atoms with Gasteiger partial charge in [-0.3, -0.25) is 14.9 Å². The minimum Gasteiger partial charge on any atom is -0.494 e. The van der Waals surface area contributed by atoms with Gasteiger partial charge in [0.25, 0.3) is 11.8 Å². The number of amides is 2. The Hall–Kier alpha value is -2.97. The monoisotopic (exact) mass is 455 g/mol. The molecule has 2 amide bonds. The minimum atomic E-state index is -0.319. The van der Waals surface area contributed by atoms with Crippen LogP contribution in [-0.2, 0) is 4.74 Å². The second-order valence-electron chi connectivity index (χ2n) is 7.47. The van der Waals surface area contributed by atoms with Gasteiger partial charge in [0, 0.05) is 29.9 Å². The quantitative estimate of drug-likeness (QED) is 0.465. The summed E-state index contributed by atoms with van der Waals surface area (Å²) in [6, 6.07) is 14.0. The number of benzene rings is 2. The van der Waals surface area contributed by atoms with Crippen LogP contribution < -0.4 is 15.4 Å². The van der Waals surface area contributed by atoms with Gasteiger partial charge in [0.15, 0.2) is 5.11 Å². The lowest BCUT2D eigenvalue weighted by Gasteiger charge is -2.27. The topological polar surface area (TPSA) is 79.9 Å². The predicted molar refractivity (Wildman–Crippen MR) is 128 cm³/mol. The van der Waals surface area contributed by atoms with Crippen LogP contribution in [0.3, 0.4) is 0 Å². The van der Waals surface area contributed by atoms with Crippen LogP contribution in [0.15, 0.2) is 48.5 Å². The maximum absolute atomic E-state index is 12.7. The number of hydrogen-bond donors (Lipinski definition) is 2. The summed E-state index contributed by atoms with van der Waals surface area (Å²) in [4.78, 5) is 26.9. The van der Waals surface area contributed by atoms with Crippen LogP contribution in [0.4, 0.5) is 5.69 Å². The Kier molecular flexibility index (Phi) is 9.01. The molecule has 0 radical (unpaired) electrons. The smallest absolute Gasteiger partial charge is 0.257 e. The van der Waals surface area contributed by atoms with Crippen molar-refractivity contribution in [3.63, 3.8) is 0 Å². The van der Waals surface area contributed by atoms with E-state index in [1.165, 1.54) is 0 Å². The van der Waals surface area contributed by atoms with Crippen molar-refractivity contribution in [1.29, 1.82) is 0 Å². The highest BCUT2D eigenvalue weighted by atomic mass is 32.1. The number of unbranched alkanes of at least 4 members (excludes halogenated alkanes) is 2. The number of carbonyl (C=O) groups excluding carboxylic acids is 2. The van der Waals surface area contributed by atoms with Crippen molar-refractivity contribution in [3.8, 4) is 5.75 Å². The highest BCUT2D eigenvalue weighted by Gasteiger charge is 2.18. The maximum atomic E-state index is 12.7. The molecule has 0 saturated carbocycles. The fourth-order valence-electron chi connectivity index (χ4n) is 3.26. The van der Waals surface area contributed by atoms with Crippen LogP contribution in [-0.4, -0.2) is 54.7 Å². The van der Waals surface area contributed by atoms with E-state index in [-0.39, 0.29) is 16.9 Å². The number of anilines is 1. The molecule has 3 rings (SSSR count). The largest absolute Gasteiger partial charge is 0.494 e. The zero-order valence-corrected chi connectivity index (χ0v) is 19.1. The number of hydrogen-bond acceptors (Lipinski definition) is 5. The van der Waals surface area contributed by atoms with E-state index in [1.54, 1.807) is 53.4 Å². The lowest BCUT2D eigenvalue weighted by molar-refractivity contribution is 0.0303. The fourth-order valence-corrected chi connectivity index (χ4v) is 3.47. The standard InChI is InChI=1S/C24H29N3O4S/c1-2-3-4-14-31-21-10-8-18(9-11-21)22(28)26-24(32)25-20-7-5-6-19(17-20)23(29)27-12-15-30-16-13-27/h5-11,17H,2-4,12-16H2,1H3,(H2,25,26,28,32). The van der Waals surface area contributed by atoms with Crippen molar-refractivity contribution < 1.29 is 19.1 Å². The lowest BCUT2D eigenvalue weighted by Crippen LogP contribution is -2.40. The Labute approximate surface area is 194 Å². The zero-order valence-electron chi connectivity index (χ0n) is 18.3. The molecule has 1 heterocycles. The molecular formula is C24H29N3O4S. The molecule has 1 aliphatic rings. The van der Waals surface area contributed by atoms with Gasteiger partial charge in [0.2, 0.25) is 0 Å². The third-order valence-corrected chi connectivity index (χ3v) is 5.23. The molecule has 1 aliphatic heterocycles. The van der Waals surface area contributed by atoms with Gasteiger partial charge < -0.3 is 19.7 Å². The summed E-state index contributed by atoms with van der Waals surface area (Å²) in [6.45, 7) is 5.06. The van der Waals surface area contributed by atoms with Gasteiger partial charge in [-0.1, -0.05) is 25.8 Å². The van der Waals surface area contributed by atoms with Crippen LogP contribution in [0.25, 0.3) is 0 Å². The zero-order chi connectivity index (χ0) is 22.8. The van der Waals surface area contributed by atoms with Gasteiger partial charge >= 0.3 is 0 Å². The molecule has 170 valence electrons. The first kappa shape index (κ1) is 23.7. The van der Waals surface area contributed by atoms with Gasteiger partial charge in [-0.2, -0.15) is 0 Å². The van der Waals surface area contributed by atoms with Crippen molar-refractivity contribution in [1.82, 2.24) is 10.2 Å². The van der Waals surface area contributed by atoms with Gasteiger partial charge in [-0.05, 0) is 61.1 Å². The van der Waals surface area contributed by atoms with Crippen molar-refractivity contribution in [3.05, 3.63) is 59.7 Å². The van der Waals surface area contributed by atoms with Crippen molar-refractivity contribution in [2.24, 2.45) is 0 Å². The van der Waals surface area contributed by atoms with E-state index in [1.807, 2.05) is 0 Å². The normalized spacial score (nSPS) is 13.3. The first-order valence-electron chi connectivity index (χ1n) is 10.9. The molecule has 2 aromatic rings. The van der Waals surface area contributed by atoms with Gasteiger partial charge in [-0.25, -0.2) is 0 Å². The average molecular weight is 456 g/mol. The molecule has 0 bridgehead atoms. The Morgan fingerprint density at radius 1 is 1.06 bits per heavy atom. The van der Waals surface area contributed by atoms with E-state index in [4.69, 9.17) is 21.7 Å². The minimum absolute atomic E-state index is 0.0519. The van der Waals surface area contributed by atoms with E-state index < -0.39 is 0 Å².